The third-order valence-corrected chi connectivity index (χ3v) is 4.30. The summed E-state index contributed by atoms with van der Waals surface area (Å²) in [7, 11) is -3.82. The van der Waals surface area contributed by atoms with Crippen LogP contribution in [0, 0.1) is 19.3 Å². The third kappa shape index (κ3) is 3.83. The molecule has 0 aliphatic carbocycles. The number of rotatable bonds is 6. The van der Waals surface area contributed by atoms with Crippen molar-refractivity contribution in [1.29, 1.82) is 0 Å². The first-order chi connectivity index (χ1) is 9.31. The fourth-order valence-electron chi connectivity index (χ4n) is 1.72. The van der Waals surface area contributed by atoms with Crippen molar-refractivity contribution in [3.05, 3.63) is 29.3 Å². The van der Waals surface area contributed by atoms with E-state index in [9.17, 15) is 13.2 Å². The fourth-order valence-corrected chi connectivity index (χ4v) is 2.94. The van der Waals surface area contributed by atoms with Crippen molar-refractivity contribution >= 4 is 16.0 Å². The quantitative estimate of drug-likeness (QED) is 0.783. The molecule has 0 aromatic heterocycles. The number of terminal acetylenes is 1. The zero-order valence-corrected chi connectivity index (χ0v) is 12.2. The van der Waals surface area contributed by atoms with Crippen LogP contribution in [0.1, 0.15) is 35.7 Å². The maximum Gasteiger partial charge on any atom is 0.335 e. The van der Waals surface area contributed by atoms with E-state index in [1.165, 1.54) is 12.1 Å². The van der Waals surface area contributed by atoms with Crippen LogP contribution in [0.25, 0.3) is 0 Å². The SMILES string of the molecule is C#CC(CCC)NS(=O)(=O)c1ccc(C)c(C(=O)O)c1. The molecule has 0 saturated carbocycles. The average molecular weight is 295 g/mol. The van der Waals surface area contributed by atoms with E-state index in [4.69, 9.17) is 11.5 Å². The lowest BCUT2D eigenvalue weighted by Crippen LogP contribution is -2.33. The van der Waals surface area contributed by atoms with Gasteiger partial charge in [-0.05, 0) is 31.0 Å². The molecule has 5 nitrogen and oxygen atoms in total. The molecular weight excluding hydrogens is 278 g/mol. The van der Waals surface area contributed by atoms with Gasteiger partial charge in [0, 0.05) is 0 Å². The molecule has 6 heteroatoms. The van der Waals surface area contributed by atoms with Gasteiger partial charge in [0.1, 0.15) is 0 Å². The van der Waals surface area contributed by atoms with E-state index in [-0.39, 0.29) is 10.5 Å². The molecular formula is C14H17NO4S. The van der Waals surface area contributed by atoms with Crippen LogP contribution in [0.15, 0.2) is 23.1 Å². The Balaban J connectivity index is 3.13. The van der Waals surface area contributed by atoms with E-state index < -0.39 is 22.0 Å². The van der Waals surface area contributed by atoms with Crippen LogP contribution in [0.5, 0.6) is 0 Å². The highest BCUT2D eigenvalue weighted by Crippen LogP contribution is 2.16. The maximum atomic E-state index is 12.2. The molecule has 0 aliphatic heterocycles. The van der Waals surface area contributed by atoms with E-state index in [1.54, 1.807) is 6.92 Å². The number of aryl methyl sites for hydroxylation is 1. The van der Waals surface area contributed by atoms with Gasteiger partial charge in [0.25, 0.3) is 0 Å². The molecule has 0 radical (unpaired) electrons. The van der Waals surface area contributed by atoms with Crippen LogP contribution in [-0.2, 0) is 10.0 Å². The van der Waals surface area contributed by atoms with Crippen LogP contribution in [-0.4, -0.2) is 25.5 Å². The van der Waals surface area contributed by atoms with Crippen LogP contribution >= 0.6 is 0 Å². The molecule has 1 aromatic rings. The maximum absolute atomic E-state index is 12.2. The van der Waals surface area contributed by atoms with Crippen molar-refractivity contribution in [1.82, 2.24) is 4.72 Å². The predicted molar refractivity (Wildman–Crippen MR) is 76.0 cm³/mol. The Hall–Kier alpha value is -1.84. The molecule has 0 bridgehead atoms. The molecule has 0 amide bonds. The number of carboxylic acid groups (broad SMARTS) is 1. The topological polar surface area (TPSA) is 83.5 Å². The van der Waals surface area contributed by atoms with Gasteiger partial charge in [0.2, 0.25) is 10.0 Å². The average Bonchev–Trinajstić information content (AvgIpc) is 2.37. The number of nitrogens with one attached hydrogen (secondary N) is 1. The minimum absolute atomic E-state index is 0.0411. The summed E-state index contributed by atoms with van der Waals surface area (Å²) in [6.07, 6.45) is 6.54. The van der Waals surface area contributed by atoms with Gasteiger partial charge in [-0.2, -0.15) is 4.72 Å². The Morgan fingerprint density at radius 3 is 2.65 bits per heavy atom. The number of hydrogen-bond donors (Lipinski definition) is 2. The number of aromatic carboxylic acids is 1. The number of benzene rings is 1. The molecule has 0 heterocycles. The number of hydrogen-bond acceptors (Lipinski definition) is 3. The van der Waals surface area contributed by atoms with Crippen LogP contribution in [0.4, 0.5) is 0 Å². The van der Waals surface area contributed by atoms with E-state index in [0.717, 1.165) is 12.5 Å². The highest BCUT2D eigenvalue weighted by molar-refractivity contribution is 7.89. The summed E-state index contributed by atoms with van der Waals surface area (Å²) >= 11 is 0. The molecule has 1 atom stereocenters. The van der Waals surface area contributed by atoms with E-state index in [1.807, 2.05) is 6.92 Å². The second-order valence-corrected chi connectivity index (χ2v) is 6.13. The summed E-state index contributed by atoms with van der Waals surface area (Å²) in [5, 5.41) is 9.02. The number of carbonyl (C=O) groups is 1. The number of carboxylic acids is 1. The van der Waals surface area contributed by atoms with Crippen molar-refractivity contribution in [2.45, 2.75) is 37.6 Å². The third-order valence-electron chi connectivity index (χ3n) is 2.83. The standard InChI is InChI=1S/C14H17NO4S/c1-4-6-11(5-2)15-20(18,19)12-8-7-10(3)13(9-12)14(16)17/h2,7-9,11,15H,4,6H2,1,3H3,(H,16,17). The highest BCUT2D eigenvalue weighted by Gasteiger charge is 2.20. The Kier molecular flexibility index (Phi) is 5.31. The van der Waals surface area contributed by atoms with Crippen molar-refractivity contribution in [2.75, 3.05) is 0 Å². The summed E-state index contributed by atoms with van der Waals surface area (Å²) < 4.78 is 26.7. The molecule has 20 heavy (non-hydrogen) atoms. The molecule has 0 aliphatic rings. The lowest BCUT2D eigenvalue weighted by Gasteiger charge is -2.13. The summed E-state index contributed by atoms with van der Waals surface area (Å²) in [5.41, 5.74) is 0.458. The van der Waals surface area contributed by atoms with Crippen molar-refractivity contribution in [3.8, 4) is 12.3 Å². The largest absolute Gasteiger partial charge is 0.478 e. The van der Waals surface area contributed by atoms with Gasteiger partial charge >= 0.3 is 5.97 Å². The highest BCUT2D eigenvalue weighted by atomic mass is 32.2. The summed E-state index contributed by atoms with van der Waals surface area (Å²) in [6, 6.07) is 3.37. The Morgan fingerprint density at radius 1 is 1.50 bits per heavy atom. The Bertz CT molecular complexity index is 644. The van der Waals surface area contributed by atoms with E-state index in [2.05, 4.69) is 10.6 Å². The van der Waals surface area contributed by atoms with Crippen LogP contribution in [0.3, 0.4) is 0 Å². The molecule has 0 spiro atoms. The van der Waals surface area contributed by atoms with Crippen LogP contribution < -0.4 is 4.72 Å². The first kappa shape index (κ1) is 16.2. The second-order valence-electron chi connectivity index (χ2n) is 4.41. The molecule has 0 saturated heterocycles. The van der Waals surface area contributed by atoms with Gasteiger partial charge in [-0.1, -0.05) is 25.3 Å². The van der Waals surface area contributed by atoms with E-state index in [0.29, 0.717) is 12.0 Å². The molecule has 108 valence electrons. The van der Waals surface area contributed by atoms with Gasteiger partial charge in [-0.25, -0.2) is 13.2 Å². The lowest BCUT2D eigenvalue weighted by molar-refractivity contribution is 0.0696. The molecule has 1 unspecified atom stereocenters. The smallest absolute Gasteiger partial charge is 0.335 e. The monoisotopic (exact) mass is 295 g/mol. The molecule has 2 N–H and O–H groups in total. The van der Waals surface area contributed by atoms with E-state index >= 15 is 0 Å². The summed E-state index contributed by atoms with van der Waals surface area (Å²) in [4.78, 5) is 10.9. The van der Waals surface area contributed by atoms with Gasteiger partial charge < -0.3 is 5.11 Å². The molecule has 1 aromatic carbocycles. The first-order valence-electron chi connectivity index (χ1n) is 6.14. The van der Waals surface area contributed by atoms with Crippen molar-refractivity contribution < 1.29 is 18.3 Å². The molecule has 0 fully saturated rings. The van der Waals surface area contributed by atoms with Gasteiger partial charge in [-0.15, -0.1) is 6.42 Å². The fraction of sp³-hybridized carbons (Fsp3) is 0.357. The summed E-state index contributed by atoms with van der Waals surface area (Å²) in [5.74, 6) is 1.21. The van der Waals surface area contributed by atoms with Gasteiger partial charge in [-0.3, -0.25) is 0 Å². The van der Waals surface area contributed by atoms with Crippen LogP contribution in [0.2, 0.25) is 0 Å². The Labute approximate surface area is 119 Å². The van der Waals surface area contributed by atoms with Gasteiger partial charge in [0.15, 0.2) is 0 Å². The number of sulfonamides is 1. The van der Waals surface area contributed by atoms with Gasteiger partial charge in [0.05, 0.1) is 16.5 Å². The zero-order chi connectivity index (χ0) is 15.3. The lowest BCUT2D eigenvalue weighted by atomic mass is 10.1. The predicted octanol–water partition coefficient (Wildman–Crippen LogP) is 1.77. The van der Waals surface area contributed by atoms with Crippen molar-refractivity contribution in [3.63, 3.8) is 0 Å². The minimum atomic E-state index is -3.82. The normalized spacial score (nSPS) is 12.7. The summed E-state index contributed by atoms with van der Waals surface area (Å²) in [6.45, 7) is 3.50. The Morgan fingerprint density at radius 2 is 2.15 bits per heavy atom. The zero-order valence-electron chi connectivity index (χ0n) is 11.4. The first-order valence-corrected chi connectivity index (χ1v) is 7.62. The minimum Gasteiger partial charge on any atom is -0.478 e. The molecule has 1 rings (SSSR count). The van der Waals surface area contributed by atoms with Crippen molar-refractivity contribution in [2.24, 2.45) is 0 Å². The second kappa shape index (κ2) is 6.55.